The monoisotopic (exact) mass is 564 g/mol. The number of rotatable bonds is 7. The first-order valence-electron chi connectivity index (χ1n) is 13.3. The summed E-state index contributed by atoms with van der Waals surface area (Å²) in [5.41, 5.74) is 4.34. The largest absolute Gasteiger partial charge is 0.312 e. The van der Waals surface area contributed by atoms with E-state index in [-0.39, 0.29) is 36.3 Å². The standard InChI is InChI=1S/C31H28N6O3S/c1-19-8-6-11-23(14-19)36-18-22(16-28(36)38)29(39)33-27-17-25(26-12-7-13-41-26)35-37(27)31-32-20(2)24(30(40)34-31)15-21-9-4-3-5-10-21/h3-14,17,22H,15-16,18H2,1-2H3,(H,33,39)(H,32,34,40). The Morgan fingerprint density at radius 3 is 2.61 bits per heavy atom. The molecule has 2 aromatic carbocycles. The van der Waals surface area contributed by atoms with E-state index in [1.54, 1.807) is 17.9 Å². The Bertz CT molecular complexity index is 1790. The smallest absolute Gasteiger partial charge is 0.256 e. The quantitative estimate of drug-likeness (QED) is 0.293. The zero-order valence-electron chi connectivity index (χ0n) is 22.6. The van der Waals surface area contributed by atoms with Crippen molar-refractivity contribution in [1.29, 1.82) is 0 Å². The van der Waals surface area contributed by atoms with Crippen LogP contribution in [-0.4, -0.2) is 38.1 Å². The molecule has 1 unspecified atom stereocenters. The molecule has 0 spiro atoms. The Morgan fingerprint density at radius 1 is 1.05 bits per heavy atom. The van der Waals surface area contributed by atoms with Crippen molar-refractivity contribution in [3.05, 3.63) is 111 Å². The normalized spacial score (nSPS) is 14.9. The van der Waals surface area contributed by atoms with Crippen LogP contribution in [0.5, 0.6) is 0 Å². The molecule has 0 aliphatic carbocycles. The Balaban J connectivity index is 1.30. The maximum atomic E-state index is 13.5. The predicted octanol–water partition coefficient (Wildman–Crippen LogP) is 4.88. The van der Waals surface area contributed by atoms with Crippen molar-refractivity contribution in [3.63, 3.8) is 0 Å². The highest BCUT2D eigenvalue weighted by Crippen LogP contribution is 2.30. The van der Waals surface area contributed by atoms with Gasteiger partial charge in [-0.1, -0.05) is 48.5 Å². The highest BCUT2D eigenvalue weighted by molar-refractivity contribution is 7.13. The fourth-order valence-corrected chi connectivity index (χ4v) is 5.72. The van der Waals surface area contributed by atoms with Crippen LogP contribution < -0.4 is 15.8 Å². The Hall–Kier alpha value is -4.83. The number of hydrogen-bond donors (Lipinski definition) is 2. The van der Waals surface area contributed by atoms with Gasteiger partial charge in [0.2, 0.25) is 17.8 Å². The summed E-state index contributed by atoms with van der Waals surface area (Å²) >= 11 is 1.51. The number of carbonyl (C=O) groups excluding carboxylic acids is 2. The first kappa shape index (κ1) is 26.4. The minimum absolute atomic E-state index is 0.0980. The van der Waals surface area contributed by atoms with E-state index in [4.69, 9.17) is 0 Å². The van der Waals surface area contributed by atoms with Crippen LogP contribution in [0.1, 0.15) is 28.8 Å². The molecule has 1 atom stereocenters. The summed E-state index contributed by atoms with van der Waals surface area (Å²) in [7, 11) is 0. The van der Waals surface area contributed by atoms with Crippen molar-refractivity contribution in [1.82, 2.24) is 19.7 Å². The molecule has 1 aliphatic rings. The number of H-pyrrole nitrogens is 1. The zero-order chi connectivity index (χ0) is 28.5. The molecule has 9 nitrogen and oxygen atoms in total. The van der Waals surface area contributed by atoms with Gasteiger partial charge in [-0.2, -0.15) is 9.78 Å². The number of amides is 2. The van der Waals surface area contributed by atoms with Gasteiger partial charge in [0.15, 0.2) is 0 Å². The van der Waals surface area contributed by atoms with Gasteiger partial charge in [0, 0.05) is 36.7 Å². The maximum absolute atomic E-state index is 13.5. The van der Waals surface area contributed by atoms with Gasteiger partial charge >= 0.3 is 0 Å². The molecular formula is C31H28N6O3S. The summed E-state index contributed by atoms with van der Waals surface area (Å²) < 4.78 is 1.45. The number of hydrogen-bond acceptors (Lipinski definition) is 6. The van der Waals surface area contributed by atoms with Crippen LogP contribution in [0.25, 0.3) is 16.5 Å². The topological polar surface area (TPSA) is 113 Å². The summed E-state index contributed by atoms with van der Waals surface area (Å²) in [5, 5.41) is 9.59. The van der Waals surface area contributed by atoms with Gasteiger partial charge in [-0.25, -0.2) is 4.98 Å². The highest BCUT2D eigenvalue weighted by Gasteiger charge is 2.35. The molecule has 0 radical (unpaired) electrons. The number of aromatic amines is 1. The molecule has 0 bridgehead atoms. The van der Waals surface area contributed by atoms with E-state index in [0.29, 0.717) is 29.2 Å². The number of aryl methyl sites for hydroxylation is 2. The lowest BCUT2D eigenvalue weighted by atomic mass is 10.1. The molecule has 10 heteroatoms. The van der Waals surface area contributed by atoms with Gasteiger partial charge < -0.3 is 10.2 Å². The second kappa shape index (κ2) is 11.0. The molecule has 206 valence electrons. The first-order chi connectivity index (χ1) is 19.9. The molecule has 6 rings (SSSR count). The van der Waals surface area contributed by atoms with Crippen molar-refractivity contribution in [3.8, 4) is 16.5 Å². The number of nitrogens with one attached hydrogen (secondary N) is 2. The van der Waals surface area contributed by atoms with Crippen molar-refractivity contribution >= 4 is 34.7 Å². The lowest BCUT2D eigenvalue weighted by Gasteiger charge is -2.17. The molecule has 1 fully saturated rings. The molecule has 2 N–H and O–H groups in total. The molecule has 2 amide bonds. The molecule has 5 aromatic rings. The average molecular weight is 565 g/mol. The fraction of sp³-hybridized carbons (Fsp3) is 0.194. The third kappa shape index (κ3) is 5.46. The van der Waals surface area contributed by atoms with Gasteiger partial charge in [0.1, 0.15) is 11.5 Å². The summed E-state index contributed by atoms with van der Waals surface area (Å²) in [5.74, 6) is -0.380. The number of thiophene rings is 1. The van der Waals surface area contributed by atoms with Crippen LogP contribution in [0.15, 0.2) is 83.0 Å². The average Bonchev–Trinajstić information content (AvgIpc) is 3.71. The van der Waals surface area contributed by atoms with Gasteiger partial charge in [-0.15, -0.1) is 11.3 Å². The van der Waals surface area contributed by atoms with Crippen LogP contribution in [0, 0.1) is 19.8 Å². The van der Waals surface area contributed by atoms with Crippen LogP contribution in [0.3, 0.4) is 0 Å². The molecule has 4 heterocycles. The van der Waals surface area contributed by atoms with Crippen molar-refractivity contribution in [2.45, 2.75) is 26.7 Å². The zero-order valence-corrected chi connectivity index (χ0v) is 23.4. The molecule has 1 aliphatic heterocycles. The second-order valence-electron chi connectivity index (χ2n) is 10.2. The van der Waals surface area contributed by atoms with Gasteiger partial charge in [0.05, 0.1) is 16.5 Å². The van der Waals surface area contributed by atoms with Crippen LogP contribution in [0.4, 0.5) is 11.5 Å². The number of anilines is 2. The van der Waals surface area contributed by atoms with E-state index in [0.717, 1.165) is 21.7 Å². The number of nitrogens with zero attached hydrogens (tertiary/aromatic N) is 4. The Morgan fingerprint density at radius 2 is 1.88 bits per heavy atom. The fourth-order valence-electron chi connectivity index (χ4n) is 5.04. The van der Waals surface area contributed by atoms with E-state index in [1.807, 2.05) is 79.0 Å². The lowest BCUT2D eigenvalue weighted by Crippen LogP contribution is -2.29. The van der Waals surface area contributed by atoms with E-state index in [9.17, 15) is 14.4 Å². The minimum Gasteiger partial charge on any atom is -0.312 e. The Labute approximate surface area is 240 Å². The summed E-state index contributed by atoms with van der Waals surface area (Å²) in [4.78, 5) is 49.5. The predicted molar refractivity (Wildman–Crippen MR) is 160 cm³/mol. The Kier molecular flexibility index (Phi) is 7.07. The first-order valence-corrected chi connectivity index (χ1v) is 14.2. The summed E-state index contributed by atoms with van der Waals surface area (Å²) in [6, 6.07) is 23.0. The van der Waals surface area contributed by atoms with Gasteiger partial charge in [0.25, 0.3) is 5.56 Å². The molecule has 41 heavy (non-hydrogen) atoms. The van der Waals surface area contributed by atoms with Crippen LogP contribution in [-0.2, 0) is 16.0 Å². The minimum atomic E-state index is -0.543. The SMILES string of the molecule is Cc1cccc(N2CC(C(=O)Nc3cc(-c4cccs4)nn3-c3nc(C)c(Cc4ccccc4)c(=O)[nH]3)CC2=O)c1. The van der Waals surface area contributed by atoms with Crippen molar-refractivity contribution in [2.24, 2.45) is 5.92 Å². The number of benzene rings is 2. The summed E-state index contributed by atoms with van der Waals surface area (Å²) in [6.45, 7) is 4.04. The summed E-state index contributed by atoms with van der Waals surface area (Å²) in [6.07, 6.45) is 0.555. The molecule has 3 aromatic heterocycles. The van der Waals surface area contributed by atoms with Crippen LogP contribution >= 0.6 is 11.3 Å². The molecule has 0 saturated carbocycles. The van der Waals surface area contributed by atoms with E-state index in [1.165, 1.54) is 16.0 Å². The van der Waals surface area contributed by atoms with E-state index < -0.39 is 5.92 Å². The highest BCUT2D eigenvalue weighted by atomic mass is 32.1. The number of aromatic nitrogens is 4. The van der Waals surface area contributed by atoms with E-state index in [2.05, 4.69) is 20.4 Å². The van der Waals surface area contributed by atoms with Crippen molar-refractivity contribution in [2.75, 3.05) is 16.8 Å². The van der Waals surface area contributed by atoms with Gasteiger partial charge in [-0.05, 0) is 48.6 Å². The van der Waals surface area contributed by atoms with Crippen LogP contribution in [0.2, 0.25) is 0 Å². The van der Waals surface area contributed by atoms with Crippen molar-refractivity contribution < 1.29 is 9.59 Å². The molecule has 1 saturated heterocycles. The molecular weight excluding hydrogens is 536 g/mol. The number of carbonyl (C=O) groups is 2. The third-order valence-corrected chi connectivity index (χ3v) is 8.07. The second-order valence-corrected chi connectivity index (χ2v) is 11.1. The lowest BCUT2D eigenvalue weighted by molar-refractivity contribution is -0.122. The van der Waals surface area contributed by atoms with E-state index >= 15 is 0 Å². The third-order valence-electron chi connectivity index (χ3n) is 7.18. The van der Waals surface area contributed by atoms with Gasteiger partial charge in [-0.3, -0.25) is 19.4 Å². The maximum Gasteiger partial charge on any atom is 0.256 e.